The smallest absolute Gasteiger partial charge is 0.315 e. The van der Waals surface area contributed by atoms with Gasteiger partial charge in [-0.2, -0.15) is 0 Å². The largest absolute Gasteiger partial charge is 0.481 e. The molecule has 6 nitrogen and oxygen atoms in total. The van der Waals surface area contributed by atoms with Crippen LogP contribution in [-0.2, 0) is 4.79 Å². The molecule has 0 bridgehead atoms. The fourth-order valence-corrected chi connectivity index (χ4v) is 2.91. The zero-order valence-electron chi connectivity index (χ0n) is 11.2. The van der Waals surface area contributed by atoms with Crippen molar-refractivity contribution in [2.75, 3.05) is 26.2 Å². The lowest BCUT2D eigenvalue weighted by Gasteiger charge is -2.16. The zero-order valence-corrected chi connectivity index (χ0v) is 11.2. The Morgan fingerprint density at radius 2 is 1.95 bits per heavy atom. The summed E-state index contributed by atoms with van der Waals surface area (Å²) >= 11 is 0. The lowest BCUT2D eigenvalue weighted by molar-refractivity contribution is -0.141. The van der Waals surface area contributed by atoms with Crippen LogP contribution in [0.5, 0.6) is 0 Å². The van der Waals surface area contributed by atoms with Crippen molar-refractivity contribution in [2.24, 2.45) is 5.92 Å². The number of rotatable bonds is 5. The van der Waals surface area contributed by atoms with Crippen molar-refractivity contribution in [1.82, 2.24) is 15.5 Å². The molecule has 1 aliphatic carbocycles. The lowest BCUT2D eigenvalue weighted by atomic mass is 10.1. The number of carbonyl (C=O) groups excluding carboxylic acids is 1. The van der Waals surface area contributed by atoms with Crippen LogP contribution >= 0.6 is 0 Å². The van der Waals surface area contributed by atoms with E-state index in [0.717, 1.165) is 26.1 Å². The van der Waals surface area contributed by atoms with Crippen LogP contribution in [0.4, 0.5) is 4.79 Å². The van der Waals surface area contributed by atoms with E-state index in [0.29, 0.717) is 19.4 Å². The molecule has 108 valence electrons. The third kappa shape index (κ3) is 4.38. The number of carboxylic acid groups (broad SMARTS) is 1. The predicted molar refractivity (Wildman–Crippen MR) is 71.0 cm³/mol. The lowest BCUT2D eigenvalue weighted by Crippen LogP contribution is -2.43. The number of aliphatic carboxylic acids is 1. The average molecular weight is 269 g/mol. The maximum Gasteiger partial charge on any atom is 0.315 e. The summed E-state index contributed by atoms with van der Waals surface area (Å²) in [4.78, 5) is 24.8. The SMILES string of the molecule is O=C(NCCN1CCCC1)N[C@H]1CC[C@@H](C(=O)O)C1. The zero-order chi connectivity index (χ0) is 13.7. The van der Waals surface area contributed by atoms with Crippen LogP contribution in [0.3, 0.4) is 0 Å². The molecule has 3 N–H and O–H groups in total. The van der Waals surface area contributed by atoms with E-state index in [1.54, 1.807) is 0 Å². The molecule has 6 heteroatoms. The molecule has 1 saturated carbocycles. The number of carboxylic acids is 1. The van der Waals surface area contributed by atoms with Crippen LogP contribution in [0.25, 0.3) is 0 Å². The van der Waals surface area contributed by atoms with E-state index in [9.17, 15) is 9.59 Å². The summed E-state index contributed by atoms with van der Waals surface area (Å²) < 4.78 is 0. The van der Waals surface area contributed by atoms with Gasteiger partial charge in [-0.3, -0.25) is 4.79 Å². The topological polar surface area (TPSA) is 81.7 Å². The van der Waals surface area contributed by atoms with E-state index in [-0.39, 0.29) is 18.0 Å². The number of likely N-dealkylation sites (tertiary alicyclic amines) is 1. The van der Waals surface area contributed by atoms with Gasteiger partial charge in [0, 0.05) is 19.1 Å². The van der Waals surface area contributed by atoms with E-state index in [1.807, 2.05) is 0 Å². The number of nitrogens with one attached hydrogen (secondary N) is 2. The van der Waals surface area contributed by atoms with Crippen LogP contribution < -0.4 is 10.6 Å². The first-order valence-electron chi connectivity index (χ1n) is 7.14. The highest BCUT2D eigenvalue weighted by molar-refractivity contribution is 5.75. The number of amides is 2. The number of urea groups is 1. The summed E-state index contributed by atoms with van der Waals surface area (Å²) in [6, 6.07) is -0.164. The van der Waals surface area contributed by atoms with Crippen molar-refractivity contribution >= 4 is 12.0 Å². The highest BCUT2D eigenvalue weighted by Crippen LogP contribution is 2.25. The predicted octanol–water partition coefficient (Wildman–Crippen LogP) is 0.635. The molecule has 2 rings (SSSR count). The maximum atomic E-state index is 11.7. The molecule has 2 fully saturated rings. The number of hydrogen-bond acceptors (Lipinski definition) is 3. The quantitative estimate of drug-likeness (QED) is 0.684. The second kappa shape index (κ2) is 6.75. The van der Waals surface area contributed by atoms with E-state index in [4.69, 9.17) is 5.11 Å². The summed E-state index contributed by atoms with van der Waals surface area (Å²) in [5, 5.41) is 14.6. The van der Waals surface area contributed by atoms with Crippen molar-refractivity contribution < 1.29 is 14.7 Å². The van der Waals surface area contributed by atoms with Gasteiger partial charge >= 0.3 is 12.0 Å². The fraction of sp³-hybridized carbons (Fsp3) is 0.846. The summed E-state index contributed by atoms with van der Waals surface area (Å²) in [6.45, 7) is 3.81. The molecule has 1 heterocycles. The first kappa shape index (κ1) is 14.1. The Bertz CT molecular complexity index is 329. The number of carbonyl (C=O) groups is 2. The van der Waals surface area contributed by atoms with Crippen LogP contribution in [0.1, 0.15) is 32.1 Å². The summed E-state index contributed by atoms with van der Waals surface area (Å²) in [5.74, 6) is -1.05. The van der Waals surface area contributed by atoms with E-state index in [1.165, 1.54) is 12.8 Å². The highest BCUT2D eigenvalue weighted by atomic mass is 16.4. The van der Waals surface area contributed by atoms with Crippen molar-refractivity contribution in [3.63, 3.8) is 0 Å². The number of hydrogen-bond donors (Lipinski definition) is 3. The summed E-state index contributed by atoms with van der Waals surface area (Å²) in [5.41, 5.74) is 0. The van der Waals surface area contributed by atoms with Gasteiger partial charge in [0.25, 0.3) is 0 Å². The van der Waals surface area contributed by atoms with Crippen LogP contribution in [0.2, 0.25) is 0 Å². The molecular weight excluding hydrogens is 246 g/mol. The van der Waals surface area contributed by atoms with Crippen molar-refractivity contribution in [1.29, 1.82) is 0 Å². The molecule has 2 amide bonds. The van der Waals surface area contributed by atoms with Gasteiger partial charge in [0.2, 0.25) is 0 Å². The molecule has 0 aromatic rings. The van der Waals surface area contributed by atoms with Gasteiger partial charge in [0.05, 0.1) is 5.92 Å². The van der Waals surface area contributed by atoms with Crippen molar-refractivity contribution in [2.45, 2.75) is 38.1 Å². The fourth-order valence-electron chi connectivity index (χ4n) is 2.91. The van der Waals surface area contributed by atoms with Gasteiger partial charge in [-0.1, -0.05) is 0 Å². The van der Waals surface area contributed by atoms with Gasteiger partial charge in [0.1, 0.15) is 0 Å². The van der Waals surface area contributed by atoms with Gasteiger partial charge in [-0.15, -0.1) is 0 Å². The monoisotopic (exact) mass is 269 g/mol. The third-order valence-corrected chi connectivity index (χ3v) is 4.03. The van der Waals surface area contributed by atoms with E-state index in [2.05, 4.69) is 15.5 Å². The van der Waals surface area contributed by atoms with Crippen molar-refractivity contribution in [3.05, 3.63) is 0 Å². The molecule has 2 atom stereocenters. The molecule has 1 aliphatic heterocycles. The molecule has 0 aromatic heterocycles. The minimum absolute atomic E-state index is 0.00730. The second-order valence-corrected chi connectivity index (χ2v) is 5.49. The first-order valence-corrected chi connectivity index (χ1v) is 7.14. The molecular formula is C13H23N3O3. The number of nitrogens with zero attached hydrogens (tertiary/aromatic N) is 1. The molecule has 0 aromatic carbocycles. The van der Waals surface area contributed by atoms with Gasteiger partial charge in [-0.25, -0.2) is 4.79 Å². The van der Waals surface area contributed by atoms with Crippen LogP contribution in [0, 0.1) is 5.92 Å². The van der Waals surface area contributed by atoms with E-state index >= 15 is 0 Å². The van der Waals surface area contributed by atoms with Gasteiger partial charge < -0.3 is 20.6 Å². The minimum Gasteiger partial charge on any atom is -0.481 e. The normalized spacial score (nSPS) is 27.4. The van der Waals surface area contributed by atoms with Crippen LogP contribution in [-0.4, -0.2) is 54.2 Å². The highest BCUT2D eigenvalue weighted by Gasteiger charge is 2.30. The Morgan fingerprint density at radius 1 is 1.21 bits per heavy atom. The minimum atomic E-state index is -0.751. The average Bonchev–Trinajstić information content (AvgIpc) is 3.00. The summed E-state index contributed by atoms with van der Waals surface area (Å²) in [7, 11) is 0. The maximum absolute atomic E-state index is 11.7. The standard InChI is InChI=1S/C13H23N3O3/c17-12(18)10-3-4-11(9-10)15-13(19)14-5-8-16-6-1-2-7-16/h10-11H,1-9H2,(H,17,18)(H2,14,15,19)/t10-,11+/m1/s1. The Labute approximate surface area is 113 Å². The van der Waals surface area contributed by atoms with Crippen LogP contribution in [0.15, 0.2) is 0 Å². The van der Waals surface area contributed by atoms with Crippen molar-refractivity contribution in [3.8, 4) is 0 Å². The van der Waals surface area contributed by atoms with E-state index < -0.39 is 5.97 Å². The molecule has 0 unspecified atom stereocenters. The molecule has 1 saturated heterocycles. The Morgan fingerprint density at radius 3 is 2.58 bits per heavy atom. The first-order chi connectivity index (χ1) is 9.15. The van der Waals surface area contributed by atoms with Gasteiger partial charge in [-0.05, 0) is 45.2 Å². The summed E-state index contributed by atoms with van der Waals surface area (Å²) in [6.07, 6.45) is 4.48. The molecule has 19 heavy (non-hydrogen) atoms. The Hall–Kier alpha value is -1.30. The molecule has 2 aliphatic rings. The third-order valence-electron chi connectivity index (χ3n) is 4.03. The molecule has 0 radical (unpaired) electrons. The van der Waals surface area contributed by atoms with Gasteiger partial charge in [0.15, 0.2) is 0 Å². The second-order valence-electron chi connectivity index (χ2n) is 5.49. The Balaban J connectivity index is 1.58. The Kier molecular flexibility index (Phi) is 5.01. The molecule has 0 spiro atoms.